The van der Waals surface area contributed by atoms with Crippen LogP contribution >= 0.6 is 15.9 Å². The first-order chi connectivity index (χ1) is 13.5. The van der Waals surface area contributed by atoms with E-state index >= 15 is 0 Å². The number of rotatable bonds is 9. The number of halogens is 1. The van der Waals surface area contributed by atoms with Gasteiger partial charge in [0.2, 0.25) is 0 Å². The van der Waals surface area contributed by atoms with Gasteiger partial charge >= 0.3 is 11.9 Å². The minimum absolute atomic E-state index is 0.0278. The molecule has 2 aromatic carbocycles. The SMILES string of the molecule is CCOC(=O)C(Cc1ccccc1)(C(=O)OCC)[C@H](Br)C(=O)c1ccccc1. The number of carbonyl (C=O) groups excluding carboxylic acids is 3. The van der Waals surface area contributed by atoms with Crippen molar-refractivity contribution in [3.63, 3.8) is 0 Å². The molecule has 28 heavy (non-hydrogen) atoms. The highest BCUT2D eigenvalue weighted by Crippen LogP contribution is 2.37. The first kappa shape index (κ1) is 21.8. The van der Waals surface area contributed by atoms with Crippen LogP contribution in [0.1, 0.15) is 29.8 Å². The molecule has 0 saturated heterocycles. The van der Waals surface area contributed by atoms with Crippen LogP contribution in [0.25, 0.3) is 0 Å². The summed E-state index contributed by atoms with van der Waals surface area (Å²) in [4.78, 5) is 38.1. The summed E-state index contributed by atoms with van der Waals surface area (Å²) >= 11 is 3.35. The summed E-state index contributed by atoms with van der Waals surface area (Å²) in [5.41, 5.74) is -0.746. The highest BCUT2D eigenvalue weighted by molar-refractivity contribution is 9.10. The first-order valence-corrected chi connectivity index (χ1v) is 10.0. The summed E-state index contributed by atoms with van der Waals surface area (Å²) in [6.45, 7) is 3.46. The van der Waals surface area contributed by atoms with E-state index in [1.807, 2.05) is 6.07 Å². The molecule has 0 aliphatic rings. The van der Waals surface area contributed by atoms with Crippen LogP contribution in [-0.4, -0.2) is 35.8 Å². The number of ether oxygens (including phenoxy) is 2. The third-order valence-corrected chi connectivity index (χ3v) is 5.52. The average molecular weight is 447 g/mol. The van der Waals surface area contributed by atoms with E-state index in [0.717, 1.165) is 0 Å². The van der Waals surface area contributed by atoms with Gasteiger partial charge in [-0.15, -0.1) is 0 Å². The minimum atomic E-state index is -1.85. The molecule has 0 saturated carbocycles. The van der Waals surface area contributed by atoms with Crippen molar-refractivity contribution in [2.75, 3.05) is 13.2 Å². The number of hydrogen-bond donors (Lipinski definition) is 0. The van der Waals surface area contributed by atoms with Crippen LogP contribution in [0.2, 0.25) is 0 Å². The van der Waals surface area contributed by atoms with Crippen molar-refractivity contribution in [1.82, 2.24) is 0 Å². The number of ketones is 1. The van der Waals surface area contributed by atoms with Crippen LogP contribution in [0, 0.1) is 5.41 Å². The van der Waals surface area contributed by atoms with Gasteiger partial charge in [0, 0.05) is 12.0 Å². The number of benzene rings is 2. The Hall–Kier alpha value is -2.47. The topological polar surface area (TPSA) is 69.7 Å². The molecule has 0 unspecified atom stereocenters. The molecule has 0 spiro atoms. The Bertz CT molecular complexity index is 786. The van der Waals surface area contributed by atoms with Gasteiger partial charge in [-0.3, -0.25) is 14.4 Å². The second-order valence-corrected chi connectivity index (χ2v) is 7.08. The van der Waals surface area contributed by atoms with Crippen molar-refractivity contribution in [3.8, 4) is 0 Å². The van der Waals surface area contributed by atoms with Gasteiger partial charge in [-0.05, 0) is 19.4 Å². The van der Waals surface area contributed by atoms with Gasteiger partial charge in [-0.25, -0.2) is 0 Å². The molecule has 0 fully saturated rings. The molecule has 0 N–H and O–H groups in total. The van der Waals surface area contributed by atoms with Crippen molar-refractivity contribution < 1.29 is 23.9 Å². The van der Waals surface area contributed by atoms with Crippen LogP contribution < -0.4 is 0 Å². The van der Waals surface area contributed by atoms with E-state index in [4.69, 9.17) is 9.47 Å². The maximum Gasteiger partial charge on any atom is 0.325 e. The molecule has 0 heterocycles. The van der Waals surface area contributed by atoms with Gasteiger partial charge < -0.3 is 9.47 Å². The molecule has 1 atom stereocenters. The lowest BCUT2D eigenvalue weighted by atomic mass is 9.76. The van der Waals surface area contributed by atoms with Crippen molar-refractivity contribution >= 4 is 33.7 Å². The highest BCUT2D eigenvalue weighted by Gasteiger charge is 2.56. The summed E-state index contributed by atoms with van der Waals surface area (Å²) < 4.78 is 10.5. The molecule has 2 rings (SSSR count). The van der Waals surface area contributed by atoms with Crippen molar-refractivity contribution in [3.05, 3.63) is 71.8 Å². The molecule has 6 heteroatoms. The average Bonchev–Trinajstić information content (AvgIpc) is 2.72. The Morgan fingerprint density at radius 1 is 0.857 bits per heavy atom. The van der Waals surface area contributed by atoms with Gasteiger partial charge in [-0.2, -0.15) is 0 Å². The summed E-state index contributed by atoms with van der Waals surface area (Å²) in [5, 5.41) is 0. The fraction of sp³-hybridized carbons (Fsp3) is 0.318. The fourth-order valence-electron chi connectivity index (χ4n) is 2.93. The summed E-state index contributed by atoms with van der Waals surface area (Å²) in [6, 6.07) is 17.5. The van der Waals surface area contributed by atoms with Gasteiger partial charge in [0.15, 0.2) is 11.2 Å². The zero-order valence-corrected chi connectivity index (χ0v) is 17.5. The summed E-state index contributed by atoms with van der Waals surface area (Å²) in [5.74, 6) is -1.97. The quantitative estimate of drug-likeness (QED) is 0.252. The molecule has 0 amide bonds. The van der Waals surface area contributed by atoms with E-state index in [-0.39, 0.29) is 19.6 Å². The molecule has 0 bridgehead atoms. The largest absolute Gasteiger partial charge is 0.465 e. The summed E-state index contributed by atoms with van der Waals surface area (Å²) in [7, 11) is 0. The molecule has 2 aromatic rings. The molecular weight excluding hydrogens is 424 g/mol. The van der Waals surface area contributed by atoms with E-state index in [2.05, 4.69) is 15.9 Å². The molecule has 148 valence electrons. The van der Waals surface area contributed by atoms with Crippen LogP contribution in [0.15, 0.2) is 60.7 Å². The maximum atomic E-state index is 13.1. The Balaban J connectivity index is 2.57. The number of alkyl halides is 1. The second-order valence-electron chi connectivity index (χ2n) is 6.17. The zero-order chi connectivity index (χ0) is 20.6. The molecule has 0 aliphatic heterocycles. The summed E-state index contributed by atoms with van der Waals surface area (Å²) in [6.07, 6.45) is -0.0278. The van der Waals surface area contributed by atoms with Gasteiger partial charge in [0.25, 0.3) is 0 Å². The van der Waals surface area contributed by atoms with Crippen molar-refractivity contribution in [2.24, 2.45) is 5.41 Å². The van der Waals surface area contributed by atoms with Crippen LogP contribution in [0.3, 0.4) is 0 Å². The second kappa shape index (κ2) is 10.2. The van der Waals surface area contributed by atoms with Gasteiger partial charge in [0.05, 0.1) is 13.2 Å². The third kappa shape index (κ3) is 4.68. The maximum absolute atomic E-state index is 13.1. The molecule has 0 aromatic heterocycles. The lowest BCUT2D eigenvalue weighted by molar-refractivity contribution is -0.171. The lowest BCUT2D eigenvalue weighted by Crippen LogP contribution is -2.53. The van der Waals surface area contributed by atoms with Crippen LogP contribution in [0.4, 0.5) is 0 Å². The van der Waals surface area contributed by atoms with E-state index in [9.17, 15) is 14.4 Å². The Kier molecular flexibility index (Phi) is 7.93. The molecule has 0 radical (unpaired) electrons. The monoisotopic (exact) mass is 446 g/mol. The van der Waals surface area contributed by atoms with Gasteiger partial charge in [0.1, 0.15) is 4.83 Å². The zero-order valence-electron chi connectivity index (χ0n) is 15.9. The fourth-order valence-corrected chi connectivity index (χ4v) is 3.73. The normalized spacial score (nSPS) is 12.1. The predicted molar refractivity (Wildman–Crippen MR) is 109 cm³/mol. The predicted octanol–water partition coefficient (Wildman–Crippen LogP) is 3.99. The number of Topliss-reactive ketones (excluding diaryl/α,β-unsaturated/α-hetero) is 1. The number of esters is 2. The first-order valence-electron chi connectivity index (χ1n) is 9.09. The number of carbonyl (C=O) groups is 3. The Labute approximate surface area is 173 Å². The minimum Gasteiger partial charge on any atom is -0.465 e. The Morgan fingerprint density at radius 3 is 1.79 bits per heavy atom. The molecular formula is C22H23BrO5. The Morgan fingerprint density at radius 2 is 1.32 bits per heavy atom. The van der Waals surface area contributed by atoms with E-state index in [1.165, 1.54) is 0 Å². The van der Waals surface area contributed by atoms with E-state index < -0.39 is 28.0 Å². The third-order valence-electron chi connectivity index (χ3n) is 4.33. The van der Waals surface area contributed by atoms with Crippen LogP contribution in [-0.2, 0) is 25.5 Å². The lowest BCUT2D eigenvalue weighted by Gasteiger charge is -2.32. The molecule has 5 nitrogen and oxygen atoms in total. The molecule has 0 aliphatic carbocycles. The van der Waals surface area contributed by atoms with Crippen LogP contribution in [0.5, 0.6) is 0 Å². The van der Waals surface area contributed by atoms with Gasteiger partial charge in [-0.1, -0.05) is 76.6 Å². The highest BCUT2D eigenvalue weighted by atomic mass is 79.9. The smallest absolute Gasteiger partial charge is 0.325 e. The van der Waals surface area contributed by atoms with Crippen molar-refractivity contribution in [1.29, 1.82) is 0 Å². The van der Waals surface area contributed by atoms with E-state index in [0.29, 0.717) is 11.1 Å². The standard InChI is InChI=1S/C22H23BrO5/c1-3-27-20(25)22(21(26)28-4-2,15-16-11-7-5-8-12-16)19(23)18(24)17-13-9-6-10-14-17/h5-14,19H,3-4,15H2,1-2H3/t19-/m1/s1. The van der Waals surface area contributed by atoms with E-state index in [1.54, 1.807) is 68.4 Å². The van der Waals surface area contributed by atoms with Crippen molar-refractivity contribution in [2.45, 2.75) is 25.1 Å². The number of hydrogen-bond acceptors (Lipinski definition) is 5.